The molecule has 2 N–H and O–H groups in total. The highest BCUT2D eigenvalue weighted by Gasteiger charge is 2.16. The van der Waals surface area contributed by atoms with Crippen LogP contribution in [-0.4, -0.2) is 32.3 Å². The second-order valence-corrected chi connectivity index (χ2v) is 5.25. The molecule has 0 fully saturated rings. The van der Waals surface area contributed by atoms with Crippen molar-refractivity contribution in [1.82, 2.24) is 0 Å². The van der Waals surface area contributed by atoms with Gasteiger partial charge in [-0.15, -0.1) is 0 Å². The fraction of sp³-hybridized carbons (Fsp3) is 0.562. The second-order valence-electron chi connectivity index (χ2n) is 5.25. The van der Waals surface area contributed by atoms with Gasteiger partial charge in [-0.1, -0.05) is 19.9 Å². The van der Waals surface area contributed by atoms with Crippen LogP contribution in [0.5, 0.6) is 11.5 Å². The molecule has 5 heteroatoms. The lowest BCUT2D eigenvalue weighted by molar-refractivity contribution is -0.142. The van der Waals surface area contributed by atoms with Crippen LogP contribution in [0.2, 0.25) is 0 Å². The molecule has 0 saturated heterocycles. The van der Waals surface area contributed by atoms with Crippen LogP contribution in [0.1, 0.15) is 26.3 Å². The number of ether oxygens (including phenoxy) is 3. The van der Waals surface area contributed by atoms with E-state index in [1.54, 1.807) is 0 Å². The van der Waals surface area contributed by atoms with E-state index in [2.05, 4.69) is 18.6 Å². The summed E-state index contributed by atoms with van der Waals surface area (Å²) in [6.45, 7) is 7.26. The van der Waals surface area contributed by atoms with E-state index < -0.39 is 12.0 Å². The number of benzene rings is 1. The second kappa shape index (κ2) is 8.52. The predicted molar refractivity (Wildman–Crippen MR) is 81.6 cm³/mol. The number of hydrogen-bond donors (Lipinski definition) is 1. The summed E-state index contributed by atoms with van der Waals surface area (Å²) in [5.41, 5.74) is 6.68. The van der Waals surface area contributed by atoms with Gasteiger partial charge in [-0.2, -0.15) is 0 Å². The summed E-state index contributed by atoms with van der Waals surface area (Å²) < 4.78 is 16.0. The number of rotatable bonds is 8. The number of hydrogen-bond acceptors (Lipinski definition) is 5. The molecule has 0 bridgehead atoms. The molecule has 0 aliphatic heterocycles. The van der Waals surface area contributed by atoms with E-state index in [4.69, 9.17) is 15.2 Å². The first-order valence-corrected chi connectivity index (χ1v) is 7.19. The topological polar surface area (TPSA) is 70.8 Å². The van der Waals surface area contributed by atoms with Crippen LogP contribution in [0, 0.1) is 5.92 Å². The first-order valence-electron chi connectivity index (χ1n) is 7.19. The molecule has 0 radical (unpaired) electrons. The summed E-state index contributed by atoms with van der Waals surface area (Å²) >= 11 is 0. The van der Waals surface area contributed by atoms with Gasteiger partial charge in [0.2, 0.25) is 0 Å². The van der Waals surface area contributed by atoms with E-state index in [9.17, 15) is 4.79 Å². The van der Waals surface area contributed by atoms with Crippen molar-refractivity contribution < 1.29 is 19.0 Å². The van der Waals surface area contributed by atoms with E-state index >= 15 is 0 Å². The molecule has 0 saturated carbocycles. The summed E-state index contributed by atoms with van der Waals surface area (Å²) in [6, 6.07) is 4.93. The number of carbonyl (C=O) groups is 1. The molecule has 1 rings (SSSR count). The smallest absolute Gasteiger partial charge is 0.322 e. The molecule has 5 nitrogen and oxygen atoms in total. The molecule has 0 aromatic heterocycles. The third kappa shape index (κ3) is 5.63. The molecule has 0 heterocycles. The quantitative estimate of drug-likeness (QED) is 0.744. The maximum absolute atomic E-state index is 11.4. The van der Waals surface area contributed by atoms with Crippen LogP contribution < -0.4 is 15.2 Å². The van der Waals surface area contributed by atoms with Gasteiger partial charge in [-0.3, -0.25) is 4.79 Å². The Morgan fingerprint density at radius 1 is 1.24 bits per heavy atom. The number of carbonyl (C=O) groups excluding carboxylic acids is 1. The highest BCUT2D eigenvalue weighted by molar-refractivity contribution is 5.75. The fourth-order valence-electron chi connectivity index (χ4n) is 1.81. The van der Waals surface area contributed by atoms with Gasteiger partial charge in [0.1, 0.15) is 6.04 Å². The predicted octanol–water partition coefficient (Wildman–Crippen LogP) is 2.16. The molecular weight excluding hydrogens is 270 g/mol. The van der Waals surface area contributed by atoms with Crippen molar-refractivity contribution in [3.63, 3.8) is 0 Å². The van der Waals surface area contributed by atoms with Gasteiger partial charge in [0, 0.05) is 0 Å². The number of methoxy groups -OCH3 is 1. The summed E-state index contributed by atoms with van der Waals surface area (Å²) in [5.74, 6) is 1.40. The fourth-order valence-corrected chi connectivity index (χ4v) is 1.81. The van der Waals surface area contributed by atoms with Crippen molar-refractivity contribution in [3.8, 4) is 11.5 Å². The van der Waals surface area contributed by atoms with Crippen LogP contribution in [0.15, 0.2) is 18.2 Å². The van der Waals surface area contributed by atoms with Crippen LogP contribution >= 0.6 is 0 Å². The van der Waals surface area contributed by atoms with Crippen LogP contribution in [0.4, 0.5) is 0 Å². The van der Waals surface area contributed by atoms with Gasteiger partial charge in [0.25, 0.3) is 0 Å². The molecule has 21 heavy (non-hydrogen) atoms. The number of nitrogens with two attached hydrogens (primary N) is 1. The van der Waals surface area contributed by atoms with E-state index in [0.717, 1.165) is 5.56 Å². The zero-order valence-corrected chi connectivity index (χ0v) is 13.2. The molecule has 1 aromatic rings. The summed E-state index contributed by atoms with van der Waals surface area (Å²) in [5, 5.41) is 0. The van der Waals surface area contributed by atoms with Crippen LogP contribution in [0.3, 0.4) is 0 Å². The van der Waals surface area contributed by atoms with E-state index in [-0.39, 0.29) is 0 Å². The Kier molecular flexibility index (Phi) is 7.02. The third-order valence-corrected chi connectivity index (χ3v) is 2.84. The maximum atomic E-state index is 11.4. The standard InChI is InChI=1S/C16H25NO4/c1-5-20-15-9-12(8-13(17)16(18)19-4)6-7-14(15)21-10-11(2)3/h6-7,9,11,13H,5,8,10,17H2,1-4H3. The Labute approximate surface area is 126 Å². The lowest BCUT2D eigenvalue weighted by atomic mass is 10.1. The van der Waals surface area contributed by atoms with Gasteiger partial charge >= 0.3 is 5.97 Å². The highest BCUT2D eigenvalue weighted by atomic mass is 16.5. The van der Waals surface area contributed by atoms with Crippen molar-refractivity contribution in [2.75, 3.05) is 20.3 Å². The molecule has 1 atom stereocenters. The molecule has 0 aliphatic rings. The molecule has 118 valence electrons. The van der Waals surface area contributed by atoms with Gasteiger partial charge in [0.05, 0.1) is 20.3 Å². The van der Waals surface area contributed by atoms with Gasteiger partial charge in [-0.05, 0) is 37.0 Å². The molecular formula is C16H25NO4. The summed E-state index contributed by atoms with van der Waals surface area (Å²) in [7, 11) is 1.33. The van der Waals surface area contributed by atoms with E-state index in [1.165, 1.54) is 7.11 Å². The normalized spacial score (nSPS) is 12.1. The Bertz CT molecular complexity index is 460. The molecule has 1 aromatic carbocycles. The SMILES string of the molecule is CCOc1cc(CC(N)C(=O)OC)ccc1OCC(C)C. The van der Waals surface area contributed by atoms with Crippen molar-refractivity contribution in [2.45, 2.75) is 33.2 Å². The van der Waals surface area contributed by atoms with Gasteiger partial charge in [-0.25, -0.2) is 0 Å². The van der Waals surface area contributed by atoms with Crippen molar-refractivity contribution >= 4 is 5.97 Å². The Balaban J connectivity index is 2.84. The van der Waals surface area contributed by atoms with E-state index in [0.29, 0.717) is 37.1 Å². The minimum Gasteiger partial charge on any atom is -0.490 e. The Morgan fingerprint density at radius 2 is 1.95 bits per heavy atom. The van der Waals surface area contributed by atoms with E-state index in [1.807, 2.05) is 25.1 Å². The summed E-state index contributed by atoms with van der Waals surface area (Å²) in [4.78, 5) is 11.4. The zero-order chi connectivity index (χ0) is 15.8. The van der Waals surface area contributed by atoms with Gasteiger partial charge in [0.15, 0.2) is 11.5 Å². The minimum absolute atomic E-state index is 0.400. The molecule has 0 aliphatic carbocycles. The molecule has 0 amide bonds. The van der Waals surface area contributed by atoms with Crippen molar-refractivity contribution in [3.05, 3.63) is 23.8 Å². The number of esters is 1. The third-order valence-electron chi connectivity index (χ3n) is 2.84. The minimum atomic E-state index is -0.674. The highest BCUT2D eigenvalue weighted by Crippen LogP contribution is 2.29. The first-order chi connectivity index (χ1) is 9.97. The average Bonchev–Trinajstić information content (AvgIpc) is 2.45. The monoisotopic (exact) mass is 295 g/mol. The molecule has 0 spiro atoms. The maximum Gasteiger partial charge on any atom is 0.322 e. The van der Waals surface area contributed by atoms with Crippen molar-refractivity contribution in [2.24, 2.45) is 11.7 Å². The largest absolute Gasteiger partial charge is 0.490 e. The van der Waals surface area contributed by atoms with Crippen LogP contribution in [0.25, 0.3) is 0 Å². The van der Waals surface area contributed by atoms with Crippen molar-refractivity contribution in [1.29, 1.82) is 0 Å². The zero-order valence-electron chi connectivity index (χ0n) is 13.2. The Morgan fingerprint density at radius 3 is 2.52 bits per heavy atom. The first kappa shape index (κ1) is 17.3. The molecule has 1 unspecified atom stereocenters. The van der Waals surface area contributed by atoms with Gasteiger partial charge < -0.3 is 19.9 Å². The summed E-state index contributed by atoms with van der Waals surface area (Å²) in [6.07, 6.45) is 0.400. The van der Waals surface area contributed by atoms with Crippen LogP contribution in [-0.2, 0) is 16.0 Å². The lowest BCUT2D eigenvalue weighted by Crippen LogP contribution is -2.33. The Hall–Kier alpha value is -1.75. The lowest BCUT2D eigenvalue weighted by Gasteiger charge is -2.15. The average molecular weight is 295 g/mol.